The van der Waals surface area contributed by atoms with Crippen molar-refractivity contribution < 1.29 is 9.47 Å². The second-order valence-corrected chi connectivity index (χ2v) is 6.01. The number of benzene rings is 2. The van der Waals surface area contributed by atoms with Gasteiger partial charge in [0, 0.05) is 12.7 Å². The average Bonchev–Trinajstić information content (AvgIpc) is 2.56. The second-order valence-electron chi connectivity index (χ2n) is 5.62. The van der Waals surface area contributed by atoms with Crippen molar-refractivity contribution in [3.8, 4) is 11.5 Å². The van der Waals surface area contributed by atoms with Gasteiger partial charge in [-0.25, -0.2) is 0 Å². The Morgan fingerprint density at radius 2 is 1.87 bits per heavy atom. The van der Waals surface area contributed by atoms with E-state index in [1.165, 1.54) is 0 Å². The van der Waals surface area contributed by atoms with Gasteiger partial charge in [-0.15, -0.1) is 0 Å². The van der Waals surface area contributed by atoms with E-state index in [-0.39, 0.29) is 6.10 Å². The van der Waals surface area contributed by atoms with Crippen molar-refractivity contribution in [3.63, 3.8) is 0 Å². The molecule has 1 heterocycles. The summed E-state index contributed by atoms with van der Waals surface area (Å²) < 4.78 is 11.7. The number of thiocarbonyl (C=S) groups is 1. The number of fused-ring (bicyclic) bond motifs is 1. The third kappa shape index (κ3) is 3.74. The molecule has 0 radical (unpaired) electrons. The number of hydrogen-bond donors (Lipinski definition) is 1. The van der Waals surface area contributed by atoms with Crippen LogP contribution in [0.4, 0.5) is 5.69 Å². The maximum absolute atomic E-state index is 5.97. The van der Waals surface area contributed by atoms with Gasteiger partial charge in [0.1, 0.15) is 6.61 Å². The van der Waals surface area contributed by atoms with Crippen LogP contribution in [0, 0.1) is 6.92 Å². The molecule has 0 spiro atoms. The van der Waals surface area contributed by atoms with Gasteiger partial charge in [-0.1, -0.05) is 30.3 Å². The molecule has 5 heteroatoms. The number of anilines is 1. The monoisotopic (exact) mass is 328 g/mol. The molecule has 1 N–H and O–H groups in total. The van der Waals surface area contributed by atoms with Crippen LogP contribution in [0.5, 0.6) is 11.5 Å². The minimum Gasteiger partial charge on any atom is -0.486 e. The molecule has 0 aliphatic carbocycles. The molecule has 0 bridgehead atoms. The summed E-state index contributed by atoms with van der Waals surface area (Å²) in [4.78, 5) is 1.98. The molecule has 2 aromatic rings. The van der Waals surface area contributed by atoms with Crippen LogP contribution in [-0.2, 0) is 0 Å². The number of nitrogens with zero attached hydrogens (tertiary/aromatic N) is 1. The molecule has 2 aromatic carbocycles. The summed E-state index contributed by atoms with van der Waals surface area (Å²) in [5, 5.41) is 3.95. The second kappa shape index (κ2) is 6.87. The molecular weight excluding hydrogens is 308 g/mol. The largest absolute Gasteiger partial charge is 0.486 e. The summed E-state index contributed by atoms with van der Waals surface area (Å²) in [7, 11) is 1.96. The van der Waals surface area contributed by atoms with Gasteiger partial charge in [-0.2, -0.15) is 0 Å². The first-order chi connectivity index (χ1) is 11.1. The lowest BCUT2D eigenvalue weighted by Crippen LogP contribution is -2.43. The van der Waals surface area contributed by atoms with Crippen LogP contribution in [0.25, 0.3) is 0 Å². The summed E-state index contributed by atoms with van der Waals surface area (Å²) >= 11 is 5.48. The molecule has 0 saturated carbocycles. The van der Waals surface area contributed by atoms with Crippen LogP contribution in [0.2, 0.25) is 0 Å². The Bertz CT molecular complexity index is 705. The highest BCUT2D eigenvalue weighted by Crippen LogP contribution is 2.31. The first kappa shape index (κ1) is 15.6. The fourth-order valence-electron chi connectivity index (χ4n) is 2.47. The average molecular weight is 328 g/mol. The van der Waals surface area contributed by atoms with Crippen LogP contribution in [0.3, 0.4) is 0 Å². The lowest BCUT2D eigenvalue weighted by molar-refractivity contribution is 0.0784. The van der Waals surface area contributed by atoms with E-state index in [1.54, 1.807) is 0 Å². The first-order valence-electron chi connectivity index (χ1n) is 7.59. The number of nitrogens with one attached hydrogen (secondary N) is 1. The Hall–Kier alpha value is -2.27. The zero-order chi connectivity index (χ0) is 16.2. The topological polar surface area (TPSA) is 33.7 Å². The fraction of sp³-hybridized carbons (Fsp3) is 0.278. The number of hydrogen-bond acceptors (Lipinski definition) is 3. The van der Waals surface area contributed by atoms with Crippen LogP contribution in [0.1, 0.15) is 5.56 Å². The molecule has 3 rings (SSSR count). The summed E-state index contributed by atoms with van der Waals surface area (Å²) in [6.45, 7) is 3.24. The minimum atomic E-state index is -0.0495. The number of rotatable bonds is 3. The van der Waals surface area contributed by atoms with Crippen LogP contribution >= 0.6 is 12.2 Å². The Kier molecular flexibility index (Phi) is 4.67. The van der Waals surface area contributed by atoms with Gasteiger partial charge in [0.15, 0.2) is 22.7 Å². The Morgan fingerprint density at radius 3 is 2.65 bits per heavy atom. The van der Waals surface area contributed by atoms with Crippen molar-refractivity contribution in [2.75, 3.05) is 25.5 Å². The first-order valence-corrected chi connectivity index (χ1v) is 8.00. The number of likely N-dealkylation sites (N-methyl/N-ethyl adjacent to an activating group) is 1. The van der Waals surface area contributed by atoms with E-state index < -0.39 is 0 Å². The molecule has 1 aliphatic heterocycles. The molecule has 0 aromatic heterocycles. The quantitative estimate of drug-likeness (QED) is 0.873. The number of ether oxygens (including phenoxy) is 2. The zero-order valence-corrected chi connectivity index (χ0v) is 14.1. The van der Waals surface area contributed by atoms with Gasteiger partial charge >= 0.3 is 0 Å². The van der Waals surface area contributed by atoms with Gasteiger partial charge in [-0.3, -0.25) is 0 Å². The standard InChI is InChI=1S/C18H20N2O2S/c1-13-7-3-4-8-15(13)19-18(23)20(2)11-14-12-21-16-9-5-6-10-17(16)22-14/h3-10,14H,11-12H2,1-2H3,(H,19,23)/t14-/m1/s1. The minimum absolute atomic E-state index is 0.0495. The highest BCUT2D eigenvalue weighted by molar-refractivity contribution is 7.80. The maximum atomic E-state index is 5.97. The van der Waals surface area contributed by atoms with Crippen LogP contribution < -0.4 is 14.8 Å². The smallest absolute Gasteiger partial charge is 0.173 e. The molecule has 0 unspecified atom stereocenters. The molecule has 120 valence electrons. The summed E-state index contributed by atoms with van der Waals surface area (Å²) in [5.74, 6) is 1.59. The molecule has 0 saturated heterocycles. The Morgan fingerprint density at radius 1 is 1.17 bits per heavy atom. The van der Waals surface area contributed by atoms with Crippen molar-refractivity contribution in [1.29, 1.82) is 0 Å². The molecule has 23 heavy (non-hydrogen) atoms. The van der Waals surface area contributed by atoms with Crippen molar-refractivity contribution in [2.24, 2.45) is 0 Å². The molecule has 1 atom stereocenters. The number of aryl methyl sites for hydroxylation is 1. The summed E-state index contributed by atoms with van der Waals surface area (Å²) in [6, 6.07) is 15.8. The van der Waals surface area contributed by atoms with E-state index in [0.29, 0.717) is 18.3 Å². The molecule has 4 nitrogen and oxygen atoms in total. The van der Waals surface area contributed by atoms with E-state index in [1.807, 2.05) is 54.4 Å². The van der Waals surface area contributed by atoms with Gasteiger partial charge in [0.25, 0.3) is 0 Å². The summed E-state index contributed by atoms with van der Waals surface area (Å²) in [5.41, 5.74) is 2.19. The van der Waals surface area contributed by atoms with Crippen molar-refractivity contribution in [2.45, 2.75) is 13.0 Å². The van der Waals surface area contributed by atoms with Gasteiger partial charge in [-0.05, 0) is 42.9 Å². The summed E-state index contributed by atoms with van der Waals surface area (Å²) in [6.07, 6.45) is -0.0495. The fourth-order valence-corrected chi connectivity index (χ4v) is 2.65. The van der Waals surface area contributed by atoms with Gasteiger partial charge < -0.3 is 19.7 Å². The van der Waals surface area contributed by atoms with Crippen molar-refractivity contribution >= 4 is 23.0 Å². The van der Waals surface area contributed by atoms with Crippen molar-refractivity contribution in [1.82, 2.24) is 4.90 Å². The van der Waals surface area contributed by atoms with E-state index in [9.17, 15) is 0 Å². The lowest BCUT2D eigenvalue weighted by atomic mass is 10.2. The number of para-hydroxylation sites is 3. The zero-order valence-electron chi connectivity index (χ0n) is 13.3. The molecule has 0 amide bonds. The predicted molar refractivity (Wildman–Crippen MR) is 96.4 cm³/mol. The van der Waals surface area contributed by atoms with Crippen molar-refractivity contribution in [3.05, 3.63) is 54.1 Å². The molecule has 0 fully saturated rings. The van der Waals surface area contributed by atoms with Crippen LogP contribution in [-0.4, -0.2) is 36.3 Å². The van der Waals surface area contributed by atoms with Crippen LogP contribution in [0.15, 0.2) is 48.5 Å². The highest BCUT2D eigenvalue weighted by Gasteiger charge is 2.22. The molecule has 1 aliphatic rings. The van der Waals surface area contributed by atoms with Gasteiger partial charge in [0.05, 0.1) is 6.54 Å². The Balaban J connectivity index is 1.58. The van der Waals surface area contributed by atoms with E-state index >= 15 is 0 Å². The van der Waals surface area contributed by atoms with E-state index in [4.69, 9.17) is 21.7 Å². The Labute approximate surface area is 142 Å². The molecular formula is C18H20N2O2S. The maximum Gasteiger partial charge on any atom is 0.173 e. The predicted octanol–water partition coefficient (Wildman–Crippen LogP) is 3.46. The highest BCUT2D eigenvalue weighted by atomic mass is 32.1. The normalized spacial score (nSPS) is 15.8. The van der Waals surface area contributed by atoms with E-state index in [0.717, 1.165) is 22.7 Å². The van der Waals surface area contributed by atoms with Gasteiger partial charge in [0.2, 0.25) is 0 Å². The third-order valence-corrected chi connectivity index (χ3v) is 4.19. The SMILES string of the molecule is Cc1ccccc1NC(=S)N(C)C[C@@H]1COc2ccccc2O1. The third-order valence-electron chi connectivity index (χ3n) is 3.78. The van der Waals surface area contributed by atoms with E-state index in [2.05, 4.69) is 18.3 Å². The lowest BCUT2D eigenvalue weighted by Gasteiger charge is -2.30.